The Balaban J connectivity index is 2.90. The van der Waals surface area contributed by atoms with Gasteiger partial charge in [0.15, 0.2) is 0 Å². The van der Waals surface area contributed by atoms with Crippen molar-refractivity contribution < 1.29 is 9.84 Å². The van der Waals surface area contributed by atoms with E-state index in [9.17, 15) is 0 Å². The Morgan fingerprint density at radius 2 is 2.25 bits per heavy atom. The second-order valence-electron chi connectivity index (χ2n) is 3.24. The number of nitrogens with zero attached hydrogens (tertiary/aromatic N) is 3. The van der Waals surface area contributed by atoms with E-state index < -0.39 is 0 Å². The number of aliphatic hydroxyl groups is 1. The van der Waals surface area contributed by atoms with E-state index >= 15 is 0 Å². The van der Waals surface area contributed by atoms with Crippen molar-refractivity contribution in [3.05, 3.63) is 10.7 Å². The van der Waals surface area contributed by atoms with Gasteiger partial charge in [-0.05, 0) is 22.4 Å². The maximum Gasteiger partial charge on any atom is 0.232 e. The van der Waals surface area contributed by atoms with Gasteiger partial charge in [-0.15, -0.1) is 0 Å². The molecule has 0 fully saturated rings. The van der Waals surface area contributed by atoms with Crippen molar-refractivity contribution in [3.63, 3.8) is 0 Å². The molecule has 0 aliphatic carbocycles. The summed E-state index contributed by atoms with van der Waals surface area (Å²) < 4.78 is 5.83. The predicted octanol–water partition coefficient (Wildman–Crippen LogP) is 1.46. The summed E-state index contributed by atoms with van der Waals surface area (Å²) in [5.74, 6) is 1.08. The maximum atomic E-state index is 8.97. The SMILES string of the molecule is CCCN(CCO)c1ncc(Br)c(OC)n1. The highest BCUT2D eigenvalue weighted by atomic mass is 79.9. The highest BCUT2D eigenvalue weighted by molar-refractivity contribution is 9.10. The molecule has 0 radical (unpaired) electrons. The summed E-state index contributed by atoms with van der Waals surface area (Å²) in [7, 11) is 1.56. The topological polar surface area (TPSA) is 58.5 Å². The summed E-state index contributed by atoms with van der Waals surface area (Å²) in [5, 5.41) is 8.97. The van der Waals surface area contributed by atoms with E-state index in [1.54, 1.807) is 13.3 Å². The molecule has 0 saturated carbocycles. The van der Waals surface area contributed by atoms with E-state index in [4.69, 9.17) is 9.84 Å². The molecule has 0 bridgehead atoms. The van der Waals surface area contributed by atoms with Crippen molar-refractivity contribution in [2.45, 2.75) is 13.3 Å². The summed E-state index contributed by atoms with van der Waals surface area (Å²) >= 11 is 3.30. The summed E-state index contributed by atoms with van der Waals surface area (Å²) in [6, 6.07) is 0. The van der Waals surface area contributed by atoms with Crippen LogP contribution in [0.3, 0.4) is 0 Å². The molecule has 1 N–H and O–H groups in total. The van der Waals surface area contributed by atoms with Gasteiger partial charge in [0.2, 0.25) is 11.8 Å². The lowest BCUT2D eigenvalue weighted by Crippen LogP contribution is -2.29. The molecule has 0 saturated heterocycles. The zero-order valence-corrected chi connectivity index (χ0v) is 11.1. The van der Waals surface area contributed by atoms with Crippen LogP contribution in [0.25, 0.3) is 0 Å². The Hall–Kier alpha value is -0.880. The van der Waals surface area contributed by atoms with Crippen molar-refractivity contribution in [3.8, 4) is 5.88 Å². The number of anilines is 1. The number of hydrogen-bond acceptors (Lipinski definition) is 5. The van der Waals surface area contributed by atoms with Crippen LogP contribution in [-0.4, -0.2) is 41.9 Å². The van der Waals surface area contributed by atoms with Crippen LogP contribution in [-0.2, 0) is 0 Å². The molecule has 0 spiro atoms. The third-order valence-electron chi connectivity index (χ3n) is 2.04. The molecule has 1 heterocycles. The Morgan fingerprint density at radius 1 is 1.50 bits per heavy atom. The van der Waals surface area contributed by atoms with E-state index in [0.29, 0.717) is 18.4 Å². The van der Waals surface area contributed by atoms with Gasteiger partial charge in [-0.2, -0.15) is 4.98 Å². The van der Waals surface area contributed by atoms with E-state index in [2.05, 4.69) is 32.8 Å². The average Bonchev–Trinajstić information content (AvgIpc) is 2.29. The molecule has 1 aromatic heterocycles. The van der Waals surface area contributed by atoms with E-state index in [1.807, 2.05) is 4.90 Å². The number of ether oxygens (including phenoxy) is 1. The number of methoxy groups -OCH3 is 1. The molecule has 0 aromatic carbocycles. The minimum atomic E-state index is 0.0851. The Morgan fingerprint density at radius 3 is 2.81 bits per heavy atom. The fourth-order valence-electron chi connectivity index (χ4n) is 1.34. The van der Waals surface area contributed by atoms with Crippen LogP contribution in [0.5, 0.6) is 5.88 Å². The smallest absolute Gasteiger partial charge is 0.232 e. The number of halogens is 1. The average molecular weight is 290 g/mol. The van der Waals surface area contributed by atoms with Crippen molar-refractivity contribution in [1.29, 1.82) is 0 Å². The molecule has 0 aliphatic heterocycles. The lowest BCUT2D eigenvalue weighted by molar-refractivity contribution is 0.301. The molecular formula is C10H16BrN3O2. The normalized spacial score (nSPS) is 10.2. The molecule has 16 heavy (non-hydrogen) atoms. The molecule has 0 aliphatic rings. The summed E-state index contributed by atoms with van der Waals surface area (Å²) in [6.45, 7) is 3.49. The van der Waals surface area contributed by atoms with Crippen LogP contribution < -0.4 is 9.64 Å². The standard InChI is InChI=1S/C10H16BrN3O2/c1-3-4-14(5-6-15)10-12-7-8(11)9(13-10)16-2/h7,15H,3-6H2,1-2H3. The molecule has 90 valence electrons. The predicted molar refractivity (Wildman–Crippen MR) is 65.9 cm³/mol. The van der Waals surface area contributed by atoms with Gasteiger partial charge in [0.1, 0.15) is 0 Å². The van der Waals surface area contributed by atoms with Gasteiger partial charge in [-0.25, -0.2) is 4.98 Å². The second kappa shape index (κ2) is 6.65. The Kier molecular flexibility index (Phi) is 5.48. The van der Waals surface area contributed by atoms with Crippen LogP contribution in [0.2, 0.25) is 0 Å². The first-order chi connectivity index (χ1) is 7.72. The largest absolute Gasteiger partial charge is 0.480 e. The minimum absolute atomic E-state index is 0.0851. The molecular weight excluding hydrogens is 274 g/mol. The second-order valence-corrected chi connectivity index (χ2v) is 4.09. The summed E-state index contributed by atoms with van der Waals surface area (Å²) in [6.07, 6.45) is 2.63. The number of rotatable bonds is 6. The van der Waals surface area contributed by atoms with Gasteiger partial charge in [0.05, 0.1) is 24.4 Å². The van der Waals surface area contributed by atoms with Crippen molar-refractivity contribution >= 4 is 21.9 Å². The van der Waals surface area contributed by atoms with Crippen molar-refractivity contribution in [2.75, 3.05) is 31.7 Å². The molecule has 1 aromatic rings. The van der Waals surface area contributed by atoms with Gasteiger partial charge < -0.3 is 14.7 Å². The van der Waals surface area contributed by atoms with Crippen LogP contribution in [0, 0.1) is 0 Å². The third kappa shape index (κ3) is 3.31. The van der Waals surface area contributed by atoms with Crippen LogP contribution in [0.1, 0.15) is 13.3 Å². The first kappa shape index (κ1) is 13.2. The van der Waals surface area contributed by atoms with E-state index in [1.165, 1.54) is 0 Å². The Labute approximate surface area is 104 Å². The zero-order valence-electron chi connectivity index (χ0n) is 9.48. The molecule has 0 unspecified atom stereocenters. The molecule has 6 heteroatoms. The van der Waals surface area contributed by atoms with Gasteiger partial charge in [0, 0.05) is 13.1 Å². The molecule has 5 nitrogen and oxygen atoms in total. The van der Waals surface area contributed by atoms with Gasteiger partial charge in [-0.1, -0.05) is 6.92 Å². The fraction of sp³-hybridized carbons (Fsp3) is 0.600. The number of aliphatic hydroxyl groups excluding tert-OH is 1. The van der Waals surface area contributed by atoms with Crippen LogP contribution >= 0.6 is 15.9 Å². The molecule has 1 rings (SSSR count). The minimum Gasteiger partial charge on any atom is -0.480 e. The summed E-state index contributed by atoms with van der Waals surface area (Å²) in [4.78, 5) is 10.4. The lowest BCUT2D eigenvalue weighted by Gasteiger charge is -2.21. The zero-order chi connectivity index (χ0) is 12.0. The van der Waals surface area contributed by atoms with Crippen molar-refractivity contribution in [2.24, 2.45) is 0 Å². The quantitative estimate of drug-likeness (QED) is 0.859. The van der Waals surface area contributed by atoms with Crippen molar-refractivity contribution in [1.82, 2.24) is 9.97 Å². The summed E-state index contributed by atoms with van der Waals surface area (Å²) in [5.41, 5.74) is 0. The fourth-order valence-corrected chi connectivity index (χ4v) is 1.69. The van der Waals surface area contributed by atoms with Crippen LogP contribution in [0.4, 0.5) is 5.95 Å². The highest BCUT2D eigenvalue weighted by Crippen LogP contribution is 2.23. The lowest BCUT2D eigenvalue weighted by atomic mass is 10.4. The van der Waals surface area contributed by atoms with Gasteiger partial charge in [0.25, 0.3) is 0 Å². The first-order valence-electron chi connectivity index (χ1n) is 5.15. The molecule has 0 amide bonds. The highest BCUT2D eigenvalue weighted by Gasteiger charge is 2.11. The maximum absolute atomic E-state index is 8.97. The van der Waals surface area contributed by atoms with Gasteiger partial charge >= 0.3 is 0 Å². The van der Waals surface area contributed by atoms with E-state index in [-0.39, 0.29) is 6.61 Å². The Bertz CT molecular complexity index is 330. The van der Waals surface area contributed by atoms with Gasteiger partial charge in [-0.3, -0.25) is 0 Å². The monoisotopic (exact) mass is 289 g/mol. The van der Waals surface area contributed by atoms with E-state index in [0.717, 1.165) is 17.4 Å². The number of aromatic nitrogens is 2. The first-order valence-corrected chi connectivity index (χ1v) is 5.94. The molecule has 0 atom stereocenters. The third-order valence-corrected chi connectivity index (χ3v) is 2.58. The number of hydrogen-bond donors (Lipinski definition) is 1. The van der Waals surface area contributed by atoms with Crippen LogP contribution in [0.15, 0.2) is 10.7 Å².